The van der Waals surface area contributed by atoms with E-state index < -0.39 is 22.0 Å². The van der Waals surface area contributed by atoms with Crippen molar-refractivity contribution in [1.29, 1.82) is 0 Å². The van der Waals surface area contributed by atoms with Gasteiger partial charge in [0.05, 0.1) is 18.0 Å². The molecule has 6 nitrogen and oxygen atoms in total. The molecule has 0 aliphatic rings. The van der Waals surface area contributed by atoms with Crippen LogP contribution in [-0.4, -0.2) is 26.4 Å². The highest BCUT2D eigenvalue weighted by molar-refractivity contribution is 7.88. The number of sulfonamides is 1. The maximum Gasteiger partial charge on any atom is 0.226 e. The van der Waals surface area contributed by atoms with E-state index in [-0.39, 0.29) is 23.5 Å². The van der Waals surface area contributed by atoms with Crippen LogP contribution >= 0.6 is 23.2 Å². The highest BCUT2D eigenvalue weighted by atomic mass is 35.5. The van der Waals surface area contributed by atoms with Crippen molar-refractivity contribution in [3.05, 3.63) is 99.5 Å². The Balaban J connectivity index is 1.85. The number of carbonyl (C=O) groups excluding carboxylic acids is 2. The van der Waals surface area contributed by atoms with Crippen LogP contribution < -0.4 is 10.0 Å². The van der Waals surface area contributed by atoms with Gasteiger partial charge in [-0.05, 0) is 35.9 Å². The van der Waals surface area contributed by atoms with E-state index in [1.54, 1.807) is 60.7 Å². The minimum absolute atomic E-state index is 0.198. The Morgan fingerprint density at radius 1 is 0.906 bits per heavy atom. The summed E-state index contributed by atoms with van der Waals surface area (Å²) < 4.78 is 26.1. The fraction of sp³-hybridized carbons (Fsp3) is 0.130. The molecule has 3 aromatic carbocycles. The lowest BCUT2D eigenvalue weighted by molar-refractivity contribution is -0.116. The van der Waals surface area contributed by atoms with Crippen molar-refractivity contribution >= 4 is 50.6 Å². The third-order valence-corrected chi connectivity index (χ3v) is 5.75. The zero-order valence-corrected chi connectivity index (χ0v) is 19.3. The van der Waals surface area contributed by atoms with Gasteiger partial charge in [-0.15, -0.1) is 0 Å². The lowest BCUT2D eigenvalue weighted by Crippen LogP contribution is -2.31. The molecule has 32 heavy (non-hydrogen) atoms. The van der Waals surface area contributed by atoms with Crippen LogP contribution in [0, 0.1) is 0 Å². The van der Waals surface area contributed by atoms with Crippen LogP contribution in [0.1, 0.15) is 33.9 Å². The lowest BCUT2D eigenvalue weighted by atomic mass is 10.0. The Kier molecular flexibility index (Phi) is 7.69. The molecule has 2 N–H and O–H groups in total. The molecule has 0 heterocycles. The van der Waals surface area contributed by atoms with Crippen LogP contribution in [0.15, 0.2) is 72.8 Å². The van der Waals surface area contributed by atoms with Gasteiger partial charge in [0.2, 0.25) is 15.9 Å². The molecule has 166 valence electrons. The number of hydrogen-bond acceptors (Lipinski definition) is 4. The van der Waals surface area contributed by atoms with Crippen molar-refractivity contribution in [3.63, 3.8) is 0 Å². The quantitative estimate of drug-likeness (QED) is 0.441. The minimum atomic E-state index is -3.60. The molecular formula is C23H20Cl2N2O4S. The van der Waals surface area contributed by atoms with Crippen molar-refractivity contribution < 1.29 is 18.0 Å². The first-order valence-corrected chi connectivity index (χ1v) is 12.2. The topological polar surface area (TPSA) is 92.3 Å². The van der Waals surface area contributed by atoms with Crippen molar-refractivity contribution in [3.8, 4) is 0 Å². The van der Waals surface area contributed by atoms with Crippen LogP contribution in [0.3, 0.4) is 0 Å². The zero-order chi connectivity index (χ0) is 23.3. The summed E-state index contributed by atoms with van der Waals surface area (Å²) in [6.07, 6.45) is 0.819. The highest BCUT2D eigenvalue weighted by Gasteiger charge is 2.22. The molecule has 3 rings (SSSR count). The van der Waals surface area contributed by atoms with Gasteiger partial charge in [0.15, 0.2) is 5.78 Å². The summed E-state index contributed by atoms with van der Waals surface area (Å²) >= 11 is 12.0. The summed E-state index contributed by atoms with van der Waals surface area (Å²) in [7, 11) is -3.60. The number of rotatable bonds is 8. The Hall–Kier alpha value is -2.71. The molecule has 1 amide bonds. The Labute approximate surface area is 196 Å². The van der Waals surface area contributed by atoms with Crippen molar-refractivity contribution in [1.82, 2.24) is 4.72 Å². The van der Waals surface area contributed by atoms with Crippen LogP contribution in [0.5, 0.6) is 0 Å². The van der Waals surface area contributed by atoms with Gasteiger partial charge in [0.25, 0.3) is 0 Å². The molecule has 0 radical (unpaired) electrons. The number of benzene rings is 3. The van der Waals surface area contributed by atoms with Crippen LogP contribution in [0.2, 0.25) is 10.0 Å². The predicted octanol–water partition coefficient (Wildman–Crippen LogP) is 4.84. The van der Waals surface area contributed by atoms with Gasteiger partial charge in [0.1, 0.15) is 0 Å². The van der Waals surface area contributed by atoms with Crippen molar-refractivity contribution in [2.45, 2.75) is 12.5 Å². The van der Waals surface area contributed by atoms with E-state index in [2.05, 4.69) is 10.0 Å². The molecule has 3 aromatic rings. The fourth-order valence-electron chi connectivity index (χ4n) is 3.13. The molecule has 9 heteroatoms. The maximum atomic E-state index is 12.9. The number of ketones is 1. The maximum absolute atomic E-state index is 12.9. The summed E-state index contributed by atoms with van der Waals surface area (Å²) in [4.78, 5) is 25.8. The van der Waals surface area contributed by atoms with Gasteiger partial charge in [-0.2, -0.15) is 0 Å². The summed E-state index contributed by atoms with van der Waals surface area (Å²) in [6.45, 7) is 0. The van der Waals surface area contributed by atoms with Crippen LogP contribution in [0.4, 0.5) is 5.69 Å². The third-order valence-electron chi connectivity index (χ3n) is 4.55. The first-order chi connectivity index (χ1) is 15.1. The molecule has 0 spiro atoms. The second kappa shape index (κ2) is 10.3. The second-order valence-electron chi connectivity index (χ2n) is 7.13. The van der Waals surface area contributed by atoms with E-state index >= 15 is 0 Å². The SMILES string of the molecule is CS(=O)(=O)N[C@H](CC(=O)Nc1ccc(Cl)cc1C(=O)c1ccccc1)c1ccc(Cl)cc1. The number of amides is 1. The molecule has 0 aromatic heterocycles. The largest absolute Gasteiger partial charge is 0.325 e. The molecule has 0 aliphatic carbocycles. The Morgan fingerprint density at radius 3 is 2.16 bits per heavy atom. The highest BCUT2D eigenvalue weighted by Crippen LogP contribution is 2.26. The standard InChI is InChI=1S/C23H20Cl2N2O4S/c1-32(30,31)27-21(15-7-9-17(24)10-8-15)14-22(28)26-20-12-11-18(25)13-19(20)23(29)16-5-3-2-4-6-16/h2-13,21,27H,14H2,1H3,(H,26,28)/t21-/m1/s1. The number of carbonyl (C=O) groups is 2. The first-order valence-electron chi connectivity index (χ1n) is 9.54. The number of hydrogen-bond donors (Lipinski definition) is 2. The molecule has 0 bridgehead atoms. The Bertz CT molecular complexity index is 1230. The average molecular weight is 491 g/mol. The van der Waals surface area contributed by atoms with Gasteiger partial charge in [-0.3, -0.25) is 9.59 Å². The first kappa shape index (κ1) is 23.9. The van der Waals surface area contributed by atoms with Crippen LogP contribution in [-0.2, 0) is 14.8 Å². The Morgan fingerprint density at radius 2 is 1.53 bits per heavy atom. The van der Waals surface area contributed by atoms with E-state index in [9.17, 15) is 18.0 Å². The molecule has 0 aliphatic heterocycles. The molecule has 1 atom stereocenters. The van der Waals surface area contributed by atoms with E-state index in [1.165, 1.54) is 12.1 Å². The normalized spacial score (nSPS) is 12.2. The van der Waals surface area contributed by atoms with Gasteiger partial charge in [-0.25, -0.2) is 13.1 Å². The number of anilines is 1. The van der Waals surface area contributed by atoms with Gasteiger partial charge >= 0.3 is 0 Å². The summed E-state index contributed by atoms with van der Waals surface area (Å²) in [5.74, 6) is -0.780. The number of halogens is 2. The summed E-state index contributed by atoms with van der Waals surface area (Å²) in [5.41, 5.74) is 1.54. The monoisotopic (exact) mass is 490 g/mol. The molecular weight excluding hydrogens is 471 g/mol. The molecule has 0 saturated heterocycles. The smallest absolute Gasteiger partial charge is 0.226 e. The van der Waals surface area contributed by atoms with E-state index in [4.69, 9.17) is 23.2 Å². The van der Waals surface area contributed by atoms with Crippen LogP contribution in [0.25, 0.3) is 0 Å². The summed E-state index contributed by atoms with van der Waals surface area (Å²) in [5, 5.41) is 3.54. The van der Waals surface area contributed by atoms with Gasteiger partial charge in [-0.1, -0.05) is 65.7 Å². The second-order valence-corrected chi connectivity index (χ2v) is 9.78. The van der Waals surface area contributed by atoms with E-state index in [1.807, 2.05) is 0 Å². The van der Waals surface area contributed by atoms with Crippen molar-refractivity contribution in [2.24, 2.45) is 0 Å². The van der Waals surface area contributed by atoms with E-state index in [0.717, 1.165) is 6.26 Å². The molecule has 0 saturated carbocycles. The van der Waals surface area contributed by atoms with Gasteiger partial charge < -0.3 is 5.32 Å². The predicted molar refractivity (Wildman–Crippen MR) is 127 cm³/mol. The average Bonchev–Trinajstić information content (AvgIpc) is 2.74. The van der Waals surface area contributed by atoms with E-state index in [0.29, 0.717) is 21.2 Å². The molecule has 0 unspecified atom stereocenters. The van der Waals surface area contributed by atoms with Gasteiger partial charge in [0, 0.05) is 27.6 Å². The molecule has 0 fully saturated rings. The zero-order valence-electron chi connectivity index (χ0n) is 17.0. The minimum Gasteiger partial charge on any atom is -0.325 e. The van der Waals surface area contributed by atoms with Crippen molar-refractivity contribution in [2.75, 3.05) is 11.6 Å². The summed E-state index contributed by atoms with van der Waals surface area (Å²) in [6, 6.07) is 18.9. The lowest BCUT2D eigenvalue weighted by Gasteiger charge is -2.18. The number of nitrogens with one attached hydrogen (secondary N) is 2. The fourth-order valence-corrected chi connectivity index (χ4v) is 4.16. The third kappa shape index (κ3) is 6.64.